The molecule has 2 aromatic carbocycles. The summed E-state index contributed by atoms with van der Waals surface area (Å²) < 4.78 is 18.5. The van der Waals surface area contributed by atoms with E-state index in [1.165, 1.54) is 40.5 Å². The summed E-state index contributed by atoms with van der Waals surface area (Å²) >= 11 is 1.47. The summed E-state index contributed by atoms with van der Waals surface area (Å²) in [5.74, 6) is -0.471. The highest BCUT2D eigenvalue weighted by Gasteiger charge is 2.26. The number of rotatable bonds is 8. The maximum absolute atomic E-state index is 13.1. The van der Waals surface area contributed by atoms with Crippen LogP contribution in [0.2, 0.25) is 0 Å². The summed E-state index contributed by atoms with van der Waals surface area (Å²) in [7, 11) is 0. The van der Waals surface area contributed by atoms with Crippen LogP contribution in [0.1, 0.15) is 39.2 Å². The molecule has 5 nitrogen and oxygen atoms in total. The Bertz CT molecular complexity index is 1080. The average molecular weight is 453 g/mol. The van der Waals surface area contributed by atoms with Gasteiger partial charge in [0, 0.05) is 11.4 Å². The van der Waals surface area contributed by atoms with E-state index in [0.717, 1.165) is 43.2 Å². The fourth-order valence-electron chi connectivity index (χ4n) is 3.79. The highest BCUT2D eigenvalue weighted by molar-refractivity contribution is 7.17. The predicted octanol–water partition coefficient (Wildman–Crippen LogP) is 4.76. The molecular weight excluding hydrogens is 427 g/mol. The van der Waals surface area contributed by atoms with Crippen LogP contribution >= 0.6 is 11.3 Å². The molecule has 0 atom stereocenters. The molecule has 3 aromatic rings. The molecule has 0 spiro atoms. The third kappa shape index (κ3) is 5.53. The Hall–Kier alpha value is -3.19. The lowest BCUT2D eigenvalue weighted by molar-refractivity contribution is -0.118. The van der Waals surface area contributed by atoms with Crippen molar-refractivity contribution in [2.24, 2.45) is 0 Å². The van der Waals surface area contributed by atoms with Crippen LogP contribution in [-0.2, 0) is 24.1 Å². The quantitative estimate of drug-likeness (QED) is 0.518. The second-order valence-electron chi connectivity index (χ2n) is 7.70. The number of anilines is 1. The van der Waals surface area contributed by atoms with Gasteiger partial charge in [-0.15, -0.1) is 11.3 Å². The number of carbonyl (C=O) groups is 2. The van der Waals surface area contributed by atoms with Crippen molar-refractivity contribution in [2.75, 3.05) is 18.5 Å². The zero-order chi connectivity index (χ0) is 22.3. The van der Waals surface area contributed by atoms with E-state index < -0.39 is 0 Å². The van der Waals surface area contributed by atoms with E-state index in [-0.39, 0.29) is 24.2 Å². The van der Waals surface area contributed by atoms with Gasteiger partial charge in [-0.3, -0.25) is 9.59 Å². The molecule has 32 heavy (non-hydrogen) atoms. The maximum Gasteiger partial charge on any atom is 0.262 e. The standard InChI is InChI=1S/C25H25FN2O3S/c26-18-10-12-19(13-11-18)31-16-22(29)28-25-23(20-8-4-5-9-21(20)32-25)24(30)27-15-14-17-6-2-1-3-7-17/h1-3,6-7,10-13H,4-5,8-9,14-16H2,(H,27,30)(H,28,29). The lowest BCUT2D eigenvalue weighted by atomic mass is 9.95. The first-order valence-electron chi connectivity index (χ1n) is 10.7. The molecule has 1 heterocycles. The summed E-state index contributed by atoms with van der Waals surface area (Å²) in [5, 5.41) is 6.44. The topological polar surface area (TPSA) is 67.4 Å². The van der Waals surface area contributed by atoms with Crippen molar-refractivity contribution in [1.29, 1.82) is 0 Å². The zero-order valence-corrected chi connectivity index (χ0v) is 18.5. The van der Waals surface area contributed by atoms with Crippen molar-refractivity contribution >= 4 is 28.2 Å². The Labute approximate surface area is 190 Å². The summed E-state index contributed by atoms with van der Waals surface area (Å²) in [6.45, 7) is 0.303. The molecule has 1 aromatic heterocycles. The Balaban J connectivity index is 1.42. The van der Waals surface area contributed by atoms with Gasteiger partial charge in [0.1, 0.15) is 16.6 Å². The Morgan fingerprint density at radius 2 is 1.75 bits per heavy atom. The minimum Gasteiger partial charge on any atom is -0.484 e. The van der Waals surface area contributed by atoms with Gasteiger partial charge >= 0.3 is 0 Å². The van der Waals surface area contributed by atoms with E-state index in [0.29, 0.717) is 22.9 Å². The molecule has 0 fully saturated rings. The van der Waals surface area contributed by atoms with Crippen LogP contribution in [0.4, 0.5) is 9.39 Å². The first kappa shape index (κ1) is 22.0. The van der Waals surface area contributed by atoms with Crippen molar-refractivity contribution in [1.82, 2.24) is 5.32 Å². The number of halogens is 1. The van der Waals surface area contributed by atoms with Crippen LogP contribution in [0, 0.1) is 5.82 Å². The number of hydrogen-bond donors (Lipinski definition) is 2. The van der Waals surface area contributed by atoms with Gasteiger partial charge in [-0.25, -0.2) is 4.39 Å². The van der Waals surface area contributed by atoms with Crippen molar-refractivity contribution in [3.8, 4) is 5.75 Å². The fourth-order valence-corrected chi connectivity index (χ4v) is 5.09. The molecule has 0 unspecified atom stereocenters. The van der Waals surface area contributed by atoms with Gasteiger partial charge in [0.25, 0.3) is 11.8 Å². The number of carbonyl (C=O) groups excluding carboxylic acids is 2. The number of nitrogens with one attached hydrogen (secondary N) is 2. The molecule has 4 rings (SSSR count). The monoisotopic (exact) mass is 452 g/mol. The van der Waals surface area contributed by atoms with Gasteiger partial charge in [0.2, 0.25) is 0 Å². The first-order chi connectivity index (χ1) is 15.6. The molecule has 0 aliphatic heterocycles. The summed E-state index contributed by atoms with van der Waals surface area (Å²) in [5.41, 5.74) is 2.78. The van der Waals surface area contributed by atoms with Crippen LogP contribution in [0.25, 0.3) is 0 Å². The molecule has 0 saturated heterocycles. The van der Waals surface area contributed by atoms with Gasteiger partial charge in [-0.2, -0.15) is 0 Å². The molecule has 2 N–H and O–H groups in total. The number of ether oxygens (including phenoxy) is 1. The molecule has 2 amide bonds. The van der Waals surface area contributed by atoms with Gasteiger partial charge in [-0.1, -0.05) is 30.3 Å². The SMILES string of the molecule is O=C(COc1ccc(F)cc1)Nc1sc2c(c1C(=O)NCCc1ccccc1)CCCC2. The van der Waals surface area contributed by atoms with Crippen molar-refractivity contribution in [3.63, 3.8) is 0 Å². The number of thiophene rings is 1. The third-order valence-corrected chi connectivity index (χ3v) is 6.58. The highest BCUT2D eigenvalue weighted by Crippen LogP contribution is 2.38. The van der Waals surface area contributed by atoms with Crippen molar-refractivity contribution in [2.45, 2.75) is 32.1 Å². The minimum absolute atomic E-state index is 0.157. The summed E-state index contributed by atoms with van der Waals surface area (Å²) in [4.78, 5) is 26.7. The molecule has 1 aliphatic carbocycles. The van der Waals surface area contributed by atoms with Crippen LogP contribution < -0.4 is 15.4 Å². The predicted molar refractivity (Wildman–Crippen MR) is 124 cm³/mol. The largest absolute Gasteiger partial charge is 0.484 e. The number of fused-ring (bicyclic) bond motifs is 1. The van der Waals surface area contributed by atoms with E-state index in [2.05, 4.69) is 10.6 Å². The van der Waals surface area contributed by atoms with E-state index in [4.69, 9.17) is 4.74 Å². The Kier molecular flexibility index (Phi) is 7.17. The maximum atomic E-state index is 13.1. The van der Waals surface area contributed by atoms with Crippen LogP contribution in [-0.4, -0.2) is 25.0 Å². The minimum atomic E-state index is -0.367. The van der Waals surface area contributed by atoms with Gasteiger partial charge in [-0.05, 0) is 67.5 Å². The van der Waals surface area contributed by atoms with Crippen molar-refractivity contribution in [3.05, 3.63) is 82.0 Å². The first-order valence-corrected chi connectivity index (χ1v) is 11.6. The number of hydrogen-bond acceptors (Lipinski definition) is 4. The normalized spacial score (nSPS) is 12.7. The van der Waals surface area contributed by atoms with Crippen LogP contribution in [0.3, 0.4) is 0 Å². The highest BCUT2D eigenvalue weighted by atomic mass is 32.1. The second kappa shape index (κ2) is 10.4. The zero-order valence-electron chi connectivity index (χ0n) is 17.7. The Morgan fingerprint density at radius 1 is 1.00 bits per heavy atom. The summed E-state index contributed by atoms with van der Waals surface area (Å²) in [6.07, 6.45) is 4.63. The number of benzene rings is 2. The molecule has 0 saturated carbocycles. The molecule has 1 aliphatic rings. The second-order valence-corrected chi connectivity index (χ2v) is 8.80. The lowest BCUT2D eigenvalue weighted by Crippen LogP contribution is -2.28. The summed E-state index contributed by atoms with van der Waals surface area (Å²) in [6, 6.07) is 15.5. The van der Waals surface area contributed by atoms with Crippen LogP contribution in [0.5, 0.6) is 5.75 Å². The van der Waals surface area contributed by atoms with E-state index in [1.807, 2.05) is 30.3 Å². The lowest BCUT2D eigenvalue weighted by Gasteiger charge is -2.13. The smallest absolute Gasteiger partial charge is 0.262 e. The van der Waals surface area contributed by atoms with E-state index >= 15 is 0 Å². The van der Waals surface area contributed by atoms with E-state index in [1.54, 1.807) is 0 Å². The molecule has 166 valence electrons. The van der Waals surface area contributed by atoms with Gasteiger partial charge in [0.15, 0.2) is 6.61 Å². The molecule has 7 heteroatoms. The molecular formula is C25H25FN2O3S. The number of aryl methyl sites for hydroxylation is 1. The molecule has 0 radical (unpaired) electrons. The molecule has 0 bridgehead atoms. The van der Waals surface area contributed by atoms with Gasteiger partial charge in [0.05, 0.1) is 5.56 Å². The van der Waals surface area contributed by atoms with Gasteiger partial charge < -0.3 is 15.4 Å². The van der Waals surface area contributed by atoms with Crippen molar-refractivity contribution < 1.29 is 18.7 Å². The van der Waals surface area contributed by atoms with E-state index in [9.17, 15) is 14.0 Å². The third-order valence-electron chi connectivity index (χ3n) is 5.38. The Morgan fingerprint density at radius 3 is 2.53 bits per heavy atom. The van der Waals surface area contributed by atoms with Crippen LogP contribution in [0.15, 0.2) is 54.6 Å². The fraction of sp³-hybridized carbons (Fsp3) is 0.280. The average Bonchev–Trinajstić information content (AvgIpc) is 3.17. The number of amides is 2.